The molecule has 0 atom stereocenters. The van der Waals surface area contributed by atoms with Gasteiger partial charge in [-0.05, 0) is 63.0 Å². The first-order valence-electron chi connectivity index (χ1n) is 9.85. The molecule has 0 saturated carbocycles. The van der Waals surface area contributed by atoms with Gasteiger partial charge < -0.3 is 19.9 Å². The fraction of sp³-hybridized carbons (Fsp3) is 0.429. The molecule has 1 aromatic heterocycles. The molecule has 3 heterocycles. The lowest BCUT2D eigenvalue weighted by Crippen LogP contribution is -2.45. The number of carboxylic acids is 1. The van der Waals surface area contributed by atoms with Crippen molar-refractivity contribution in [3.05, 3.63) is 44.5 Å². The molecule has 1 saturated heterocycles. The molecule has 0 amide bonds. The van der Waals surface area contributed by atoms with Crippen LogP contribution in [0.2, 0.25) is 0 Å². The Hall–Kier alpha value is -3.00. The zero-order chi connectivity index (χ0) is 20.7. The van der Waals surface area contributed by atoms with Crippen LogP contribution in [0.15, 0.2) is 21.9 Å². The largest absolute Gasteiger partial charge is 0.481 e. The molecule has 0 aliphatic carbocycles. The number of nitrogens with zero attached hydrogens (tertiary/aromatic N) is 4. The molecule has 1 aromatic carbocycles. The summed E-state index contributed by atoms with van der Waals surface area (Å²) in [5.74, 6) is -0.432. The fourth-order valence-electron chi connectivity index (χ4n) is 3.99. The minimum Gasteiger partial charge on any atom is -0.481 e. The number of carboxylic acid groups (broad SMARTS) is 1. The molecule has 0 unspecified atom stereocenters. The maximum absolute atomic E-state index is 12.5. The molecule has 0 bridgehead atoms. The number of aromatic amines is 1. The molecule has 2 aliphatic heterocycles. The summed E-state index contributed by atoms with van der Waals surface area (Å²) in [6, 6.07) is 4.08. The van der Waals surface area contributed by atoms with Crippen molar-refractivity contribution in [1.29, 1.82) is 0 Å². The van der Waals surface area contributed by atoms with Gasteiger partial charge in [-0.2, -0.15) is 0 Å². The molecule has 152 valence electrons. The molecule has 0 spiro atoms. The Morgan fingerprint density at radius 1 is 1.24 bits per heavy atom. The molecule has 8 heteroatoms. The number of H-pyrrole nitrogens is 1. The maximum Gasteiger partial charge on any atom is 0.306 e. The van der Waals surface area contributed by atoms with Crippen LogP contribution in [0.25, 0.3) is 6.58 Å². The van der Waals surface area contributed by atoms with Crippen LogP contribution in [-0.4, -0.2) is 52.1 Å². The first-order chi connectivity index (χ1) is 13.8. The summed E-state index contributed by atoms with van der Waals surface area (Å²) < 4.78 is 0. The average Bonchev–Trinajstić information content (AvgIpc) is 2.67. The molecule has 8 nitrogen and oxygen atoms in total. The summed E-state index contributed by atoms with van der Waals surface area (Å²) in [4.78, 5) is 39.6. The Kier molecular flexibility index (Phi) is 4.96. The van der Waals surface area contributed by atoms with Crippen molar-refractivity contribution >= 4 is 29.7 Å². The van der Waals surface area contributed by atoms with Crippen molar-refractivity contribution in [3.8, 4) is 0 Å². The number of carbonyl (C=O) groups is 1. The number of likely N-dealkylation sites (tertiary alicyclic amines) is 1. The summed E-state index contributed by atoms with van der Waals surface area (Å²) in [7, 11) is 0. The van der Waals surface area contributed by atoms with Gasteiger partial charge in [-0.1, -0.05) is 6.58 Å². The monoisotopic (exact) mass is 395 g/mol. The van der Waals surface area contributed by atoms with E-state index < -0.39 is 5.97 Å². The maximum atomic E-state index is 12.5. The van der Waals surface area contributed by atoms with Gasteiger partial charge in [0, 0.05) is 13.1 Å². The highest BCUT2D eigenvalue weighted by Crippen LogP contribution is 2.36. The Labute approximate surface area is 168 Å². The molecule has 2 aromatic rings. The predicted octanol–water partition coefficient (Wildman–Crippen LogP) is 0.996. The minimum absolute atomic E-state index is 0.249. The van der Waals surface area contributed by atoms with Gasteiger partial charge in [0.25, 0.3) is 5.56 Å². The van der Waals surface area contributed by atoms with E-state index in [9.17, 15) is 14.7 Å². The number of rotatable bonds is 4. The van der Waals surface area contributed by atoms with Crippen LogP contribution in [0.3, 0.4) is 0 Å². The quantitative estimate of drug-likeness (QED) is 0.801. The van der Waals surface area contributed by atoms with Gasteiger partial charge in [0.15, 0.2) is 11.2 Å². The Bertz CT molecular complexity index is 1130. The van der Waals surface area contributed by atoms with Gasteiger partial charge in [-0.3, -0.25) is 9.59 Å². The average molecular weight is 395 g/mol. The predicted molar refractivity (Wildman–Crippen MR) is 111 cm³/mol. The zero-order valence-electron chi connectivity index (χ0n) is 16.7. The van der Waals surface area contributed by atoms with Gasteiger partial charge in [-0.15, -0.1) is 0 Å². The number of hydrogen-bond donors (Lipinski definition) is 2. The Morgan fingerprint density at radius 2 is 1.93 bits per heavy atom. The SMILES string of the molecule is C=c1nc2c(c(=O)[nH]1)=Nc1cc(C)c(C)cc1N2CCN1CCC(C(=O)O)CC1. The lowest BCUT2D eigenvalue weighted by atomic mass is 9.97. The van der Waals surface area contributed by atoms with E-state index in [0.717, 1.165) is 42.1 Å². The van der Waals surface area contributed by atoms with Gasteiger partial charge >= 0.3 is 5.97 Å². The zero-order valence-corrected chi connectivity index (χ0v) is 16.7. The molecular weight excluding hydrogens is 370 g/mol. The van der Waals surface area contributed by atoms with Gasteiger partial charge in [0.2, 0.25) is 0 Å². The number of fused-ring (bicyclic) bond motifs is 2. The molecule has 0 radical (unpaired) electrons. The van der Waals surface area contributed by atoms with Crippen molar-refractivity contribution < 1.29 is 9.90 Å². The third-order valence-electron chi connectivity index (χ3n) is 5.87. The van der Waals surface area contributed by atoms with E-state index >= 15 is 0 Å². The normalized spacial score (nSPS) is 16.8. The molecule has 1 fully saturated rings. The van der Waals surface area contributed by atoms with Crippen LogP contribution in [0.5, 0.6) is 0 Å². The third kappa shape index (κ3) is 3.67. The minimum atomic E-state index is -0.706. The molecule has 29 heavy (non-hydrogen) atoms. The van der Waals surface area contributed by atoms with Crippen LogP contribution in [0.4, 0.5) is 17.2 Å². The molecule has 4 rings (SSSR count). The summed E-state index contributed by atoms with van der Waals surface area (Å²) in [5, 5.41) is 9.50. The number of anilines is 2. The third-order valence-corrected chi connectivity index (χ3v) is 5.87. The smallest absolute Gasteiger partial charge is 0.306 e. The lowest BCUT2D eigenvalue weighted by molar-refractivity contribution is -0.143. The second-order valence-corrected chi connectivity index (χ2v) is 7.83. The Balaban J connectivity index is 1.66. The van der Waals surface area contributed by atoms with Crippen molar-refractivity contribution in [3.63, 3.8) is 0 Å². The standard InChI is InChI=1S/C21H25N5O3/c1-12-10-16-17(11-13(12)2)26(19-18(24-16)20(27)23-14(3)22-19)9-8-25-6-4-15(5-7-25)21(28)29/h10-11,15H,3-9H2,1-2H3,(H,23,27)(H,28,29). The van der Waals surface area contributed by atoms with Crippen LogP contribution >= 0.6 is 0 Å². The van der Waals surface area contributed by atoms with E-state index in [-0.39, 0.29) is 11.5 Å². The van der Waals surface area contributed by atoms with Gasteiger partial charge in [0.1, 0.15) is 5.48 Å². The molecule has 2 N–H and O–H groups in total. The number of aromatic nitrogens is 2. The highest BCUT2D eigenvalue weighted by atomic mass is 16.4. The topological polar surface area (TPSA) is 102 Å². The second-order valence-electron chi connectivity index (χ2n) is 7.83. The number of aliphatic carboxylic acids is 1. The first-order valence-corrected chi connectivity index (χ1v) is 9.85. The van der Waals surface area contributed by atoms with Crippen LogP contribution in [0.1, 0.15) is 24.0 Å². The van der Waals surface area contributed by atoms with E-state index in [1.54, 1.807) is 0 Å². The summed E-state index contributed by atoms with van der Waals surface area (Å²) in [6.07, 6.45) is 1.33. The molecule has 2 aliphatic rings. The molecular formula is C21H25N5O3. The Morgan fingerprint density at radius 3 is 2.62 bits per heavy atom. The van der Waals surface area contributed by atoms with Gasteiger partial charge in [-0.25, -0.2) is 9.98 Å². The summed E-state index contributed by atoms with van der Waals surface area (Å²) >= 11 is 0. The van der Waals surface area contributed by atoms with E-state index in [4.69, 9.17) is 0 Å². The summed E-state index contributed by atoms with van der Waals surface area (Å²) in [6.45, 7) is 10.8. The van der Waals surface area contributed by atoms with E-state index in [0.29, 0.717) is 36.0 Å². The second kappa shape index (κ2) is 7.44. The van der Waals surface area contributed by atoms with E-state index in [1.807, 2.05) is 17.9 Å². The van der Waals surface area contributed by atoms with Crippen LogP contribution in [0, 0.1) is 19.8 Å². The van der Waals surface area contributed by atoms with Crippen molar-refractivity contribution in [2.24, 2.45) is 10.9 Å². The van der Waals surface area contributed by atoms with E-state index in [1.165, 1.54) is 0 Å². The number of benzene rings is 1. The highest BCUT2D eigenvalue weighted by Gasteiger charge is 2.27. The number of hydrogen-bond acceptors (Lipinski definition) is 6. The highest BCUT2D eigenvalue weighted by molar-refractivity contribution is 5.77. The fourth-order valence-corrected chi connectivity index (χ4v) is 3.99. The van der Waals surface area contributed by atoms with Crippen LogP contribution in [-0.2, 0) is 4.79 Å². The van der Waals surface area contributed by atoms with Crippen molar-refractivity contribution in [2.75, 3.05) is 31.1 Å². The lowest BCUT2D eigenvalue weighted by Gasteiger charge is -2.34. The van der Waals surface area contributed by atoms with Crippen LogP contribution < -0.4 is 21.3 Å². The number of nitrogens with one attached hydrogen (secondary N) is 1. The first kappa shape index (κ1) is 19.3. The van der Waals surface area contributed by atoms with E-state index in [2.05, 4.69) is 39.4 Å². The number of aryl methyl sites for hydroxylation is 2. The van der Waals surface area contributed by atoms with Crippen molar-refractivity contribution in [1.82, 2.24) is 14.9 Å². The summed E-state index contributed by atoms with van der Waals surface area (Å²) in [5.41, 5.74) is 3.96. The number of piperidine rings is 1. The van der Waals surface area contributed by atoms with Crippen molar-refractivity contribution in [2.45, 2.75) is 26.7 Å². The van der Waals surface area contributed by atoms with Gasteiger partial charge in [0.05, 0.1) is 17.3 Å².